The Morgan fingerprint density at radius 3 is 2.93 bits per heavy atom. The molecule has 7 heteroatoms. The number of fused-ring (bicyclic) bond motifs is 2. The maximum atomic E-state index is 12.8. The minimum Gasteiger partial charge on any atom is -0.316 e. The molecular weight excluding hydrogens is 388 g/mol. The summed E-state index contributed by atoms with van der Waals surface area (Å²) >= 11 is 2.98. The van der Waals surface area contributed by atoms with Gasteiger partial charge in [0.05, 0.1) is 16.3 Å². The molecule has 0 saturated carbocycles. The number of benzene rings is 1. The Morgan fingerprint density at radius 2 is 2.07 bits per heavy atom. The second kappa shape index (κ2) is 8.29. The van der Waals surface area contributed by atoms with Gasteiger partial charge < -0.3 is 5.32 Å². The number of anilines is 1. The molecule has 2 heterocycles. The van der Waals surface area contributed by atoms with Crippen molar-refractivity contribution in [1.29, 1.82) is 5.26 Å². The van der Waals surface area contributed by atoms with Crippen LogP contribution < -0.4 is 5.32 Å². The summed E-state index contributed by atoms with van der Waals surface area (Å²) < 4.78 is 0. The summed E-state index contributed by atoms with van der Waals surface area (Å²) in [5, 5.41) is 14.7. The Hall–Kier alpha value is -2.43. The number of nitriles is 1. The number of carbonyl (C=O) groups is 1. The van der Waals surface area contributed by atoms with Crippen molar-refractivity contribution in [1.82, 2.24) is 9.97 Å². The van der Waals surface area contributed by atoms with Gasteiger partial charge in [-0.25, -0.2) is 9.97 Å². The van der Waals surface area contributed by atoms with Gasteiger partial charge in [0.15, 0.2) is 0 Å². The first-order valence-electron chi connectivity index (χ1n) is 9.39. The number of para-hydroxylation sites is 1. The van der Waals surface area contributed by atoms with Crippen LogP contribution in [0.3, 0.4) is 0 Å². The van der Waals surface area contributed by atoms with Gasteiger partial charge in [0.2, 0.25) is 5.91 Å². The Balaban J connectivity index is 1.53. The normalized spacial score (nSPS) is 14.7. The zero-order valence-electron chi connectivity index (χ0n) is 15.6. The third kappa shape index (κ3) is 3.75. The fourth-order valence-corrected chi connectivity index (χ4v) is 5.61. The fourth-order valence-electron chi connectivity index (χ4n) is 3.46. The van der Waals surface area contributed by atoms with Gasteiger partial charge in [-0.2, -0.15) is 5.26 Å². The first-order valence-corrected chi connectivity index (χ1v) is 11.1. The Labute approximate surface area is 172 Å². The predicted octanol–water partition coefficient (Wildman–Crippen LogP) is 4.95. The number of carbonyl (C=O) groups excluding carboxylic acids is 1. The molecule has 0 aliphatic heterocycles. The number of rotatable bonds is 4. The van der Waals surface area contributed by atoms with Gasteiger partial charge in [-0.05, 0) is 44.2 Å². The molecule has 2 aromatic heterocycles. The van der Waals surface area contributed by atoms with Gasteiger partial charge >= 0.3 is 0 Å². The van der Waals surface area contributed by atoms with E-state index >= 15 is 0 Å². The summed E-state index contributed by atoms with van der Waals surface area (Å²) in [7, 11) is 0. The second-order valence-electron chi connectivity index (χ2n) is 6.83. The molecule has 1 aromatic carbocycles. The average molecular weight is 409 g/mol. The summed E-state index contributed by atoms with van der Waals surface area (Å²) in [6.45, 7) is 1.86. The van der Waals surface area contributed by atoms with Crippen LogP contribution in [0.1, 0.15) is 42.2 Å². The molecule has 1 N–H and O–H groups in total. The number of hydrogen-bond acceptors (Lipinski definition) is 6. The van der Waals surface area contributed by atoms with Crippen molar-refractivity contribution in [3.8, 4) is 6.07 Å². The highest BCUT2D eigenvalue weighted by molar-refractivity contribution is 8.00. The minimum absolute atomic E-state index is 0.111. The third-order valence-electron chi connectivity index (χ3n) is 4.93. The summed E-state index contributed by atoms with van der Waals surface area (Å²) in [5.41, 5.74) is 2.66. The Morgan fingerprint density at radius 1 is 1.25 bits per heavy atom. The fraction of sp³-hybridized carbons (Fsp3) is 0.333. The van der Waals surface area contributed by atoms with Crippen LogP contribution in [0.5, 0.6) is 0 Å². The zero-order valence-corrected chi connectivity index (χ0v) is 17.2. The molecule has 28 heavy (non-hydrogen) atoms. The van der Waals surface area contributed by atoms with E-state index in [4.69, 9.17) is 0 Å². The van der Waals surface area contributed by atoms with Gasteiger partial charge in [-0.3, -0.25) is 4.79 Å². The maximum absolute atomic E-state index is 12.8. The van der Waals surface area contributed by atoms with E-state index < -0.39 is 0 Å². The van der Waals surface area contributed by atoms with Crippen LogP contribution in [0.4, 0.5) is 5.00 Å². The molecule has 1 aliphatic rings. The lowest BCUT2D eigenvalue weighted by Crippen LogP contribution is -2.22. The van der Waals surface area contributed by atoms with Crippen LogP contribution in [0.2, 0.25) is 0 Å². The third-order valence-corrected chi connectivity index (χ3v) is 7.26. The van der Waals surface area contributed by atoms with E-state index in [0.717, 1.165) is 47.2 Å². The van der Waals surface area contributed by atoms with Crippen molar-refractivity contribution in [2.75, 3.05) is 5.32 Å². The van der Waals surface area contributed by atoms with Crippen molar-refractivity contribution < 1.29 is 4.79 Å². The van der Waals surface area contributed by atoms with Crippen molar-refractivity contribution in [3.63, 3.8) is 0 Å². The van der Waals surface area contributed by atoms with Crippen molar-refractivity contribution in [2.45, 2.75) is 49.3 Å². The smallest absolute Gasteiger partial charge is 0.238 e. The molecule has 0 unspecified atom stereocenters. The van der Waals surface area contributed by atoms with Crippen LogP contribution >= 0.6 is 23.1 Å². The van der Waals surface area contributed by atoms with E-state index in [0.29, 0.717) is 10.6 Å². The number of nitrogens with zero attached hydrogens (tertiary/aromatic N) is 3. The van der Waals surface area contributed by atoms with Crippen molar-refractivity contribution in [3.05, 3.63) is 46.6 Å². The van der Waals surface area contributed by atoms with Crippen LogP contribution in [-0.2, 0) is 17.6 Å². The molecule has 1 atom stereocenters. The molecule has 1 amide bonds. The van der Waals surface area contributed by atoms with Gasteiger partial charge in [-0.15, -0.1) is 11.3 Å². The molecular formula is C21H20N4OS2. The molecule has 0 bridgehead atoms. The number of aromatic nitrogens is 2. The van der Waals surface area contributed by atoms with Crippen LogP contribution in [0.25, 0.3) is 10.9 Å². The SMILES string of the molecule is C[C@H](Sc1ncnc2ccccc12)C(=O)Nc1sc2c(c1C#N)CCCCC2. The Bertz CT molecular complexity index is 1060. The monoisotopic (exact) mass is 408 g/mol. The highest BCUT2D eigenvalue weighted by Crippen LogP contribution is 2.37. The predicted molar refractivity (Wildman–Crippen MR) is 114 cm³/mol. The van der Waals surface area contributed by atoms with Crippen molar-refractivity contribution >= 4 is 44.9 Å². The lowest BCUT2D eigenvalue weighted by molar-refractivity contribution is -0.115. The highest BCUT2D eigenvalue weighted by Gasteiger charge is 2.23. The second-order valence-corrected chi connectivity index (χ2v) is 9.26. The standard InChI is InChI=1S/C21H20N4OS2/c1-13(27-20-15-8-5-6-9-17(15)23-12-24-20)19(26)25-21-16(11-22)14-7-3-2-4-10-18(14)28-21/h5-6,8-9,12-13H,2-4,7,10H2,1H3,(H,25,26)/t13-/m0/s1. The number of amides is 1. The molecule has 142 valence electrons. The van der Waals surface area contributed by atoms with E-state index in [1.165, 1.54) is 29.4 Å². The van der Waals surface area contributed by atoms with Crippen LogP contribution in [-0.4, -0.2) is 21.1 Å². The molecule has 0 saturated heterocycles. The van der Waals surface area contributed by atoms with E-state index in [-0.39, 0.29) is 11.2 Å². The Kier molecular flexibility index (Phi) is 5.60. The number of aryl methyl sites for hydroxylation is 1. The lowest BCUT2D eigenvalue weighted by Gasteiger charge is -2.12. The largest absolute Gasteiger partial charge is 0.316 e. The summed E-state index contributed by atoms with van der Waals surface area (Å²) in [5.74, 6) is -0.111. The first-order chi connectivity index (χ1) is 13.7. The van der Waals surface area contributed by atoms with Gasteiger partial charge in [0.25, 0.3) is 0 Å². The highest BCUT2D eigenvalue weighted by atomic mass is 32.2. The summed E-state index contributed by atoms with van der Waals surface area (Å²) in [6.07, 6.45) is 6.93. The van der Waals surface area contributed by atoms with Crippen LogP contribution in [0, 0.1) is 11.3 Å². The topological polar surface area (TPSA) is 78.7 Å². The molecule has 5 nitrogen and oxygen atoms in total. The molecule has 1 aliphatic carbocycles. The minimum atomic E-state index is -0.341. The van der Waals surface area contributed by atoms with E-state index in [2.05, 4.69) is 21.4 Å². The van der Waals surface area contributed by atoms with E-state index in [1.807, 2.05) is 31.2 Å². The number of thioether (sulfide) groups is 1. The first kappa shape index (κ1) is 18.9. The van der Waals surface area contributed by atoms with Crippen LogP contribution in [0.15, 0.2) is 35.6 Å². The van der Waals surface area contributed by atoms with E-state index in [1.54, 1.807) is 11.3 Å². The molecule has 0 fully saturated rings. The molecule has 0 spiro atoms. The zero-order chi connectivity index (χ0) is 19.5. The summed E-state index contributed by atoms with van der Waals surface area (Å²) in [4.78, 5) is 22.7. The summed E-state index contributed by atoms with van der Waals surface area (Å²) in [6, 6.07) is 10.1. The average Bonchev–Trinajstić information content (AvgIpc) is 2.87. The van der Waals surface area contributed by atoms with Gasteiger partial charge in [0.1, 0.15) is 22.4 Å². The quantitative estimate of drug-likeness (QED) is 0.375. The maximum Gasteiger partial charge on any atom is 0.238 e. The van der Waals surface area contributed by atoms with E-state index in [9.17, 15) is 10.1 Å². The number of hydrogen-bond donors (Lipinski definition) is 1. The lowest BCUT2D eigenvalue weighted by atomic mass is 10.1. The molecule has 4 rings (SSSR count). The molecule has 3 aromatic rings. The number of thiophene rings is 1. The van der Waals surface area contributed by atoms with Gasteiger partial charge in [-0.1, -0.05) is 36.4 Å². The van der Waals surface area contributed by atoms with Gasteiger partial charge in [0, 0.05) is 10.3 Å². The van der Waals surface area contributed by atoms with Crippen molar-refractivity contribution in [2.24, 2.45) is 0 Å². The molecule has 0 radical (unpaired) electrons. The number of nitrogens with one attached hydrogen (secondary N) is 1.